The van der Waals surface area contributed by atoms with Gasteiger partial charge in [-0.25, -0.2) is 0 Å². The number of nitro groups is 2. The van der Waals surface area contributed by atoms with Gasteiger partial charge in [0.2, 0.25) is 11.6 Å². The first-order valence-electron chi connectivity index (χ1n) is 15.9. The summed E-state index contributed by atoms with van der Waals surface area (Å²) in [6, 6.07) is 14.8. The number of benzene rings is 2. The van der Waals surface area contributed by atoms with E-state index in [-0.39, 0.29) is 17.4 Å². The maximum absolute atomic E-state index is 12.6. The Bertz CT molecular complexity index is 2460. The van der Waals surface area contributed by atoms with E-state index >= 15 is 0 Å². The molecular weight excluding hydrogens is 865 g/mol. The van der Waals surface area contributed by atoms with Crippen LogP contribution in [0.3, 0.4) is 0 Å². The molecule has 0 fully saturated rings. The smallest absolute Gasteiger partial charge is 0.291 e. The third-order valence-corrected chi connectivity index (χ3v) is 9.63. The largest absolute Gasteiger partial charge is 0.298 e. The van der Waals surface area contributed by atoms with Crippen LogP contribution in [0.2, 0.25) is 0 Å². The molecule has 0 spiro atoms. The van der Waals surface area contributed by atoms with E-state index in [9.17, 15) is 56.2 Å². The number of rotatable bonds is 10. The number of nitrogens with zero attached hydrogens (tertiary/aromatic N) is 8. The van der Waals surface area contributed by atoms with Crippen LogP contribution >= 0.6 is 0 Å². The standard InChI is InChI=1S/2C16H13N5O7S.Cr/c2*1-9-14(16(23)20(19-9)10-5-3-2-4-6-10)18-17-12-7-11(21(24)25)8-13(15(12)22)29(26,27)28;/h2*2-8,14,18H,1H3,(H,26,27,28);/b2*17-12+;. The summed E-state index contributed by atoms with van der Waals surface area (Å²) in [6.45, 7) is 3.06. The Kier molecular flexibility index (Phi) is 13.5. The van der Waals surface area contributed by atoms with E-state index in [0.29, 0.717) is 35.0 Å². The Morgan fingerprint density at radius 3 is 1.24 bits per heavy atom. The van der Waals surface area contributed by atoms with E-state index in [1.54, 1.807) is 60.7 Å². The summed E-state index contributed by atoms with van der Waals surface area (Å²) in [7, 11) is -10.0. The summed E-state index contributed by atoms with van der Waals surface area (Å²) >= 11 is 0. The van der Waals surface area contributed by atoms with Crippen LogP contribution in [-0.2, 0) is 56.8 Å². The average molecular weight is 891 g/mol. The molecule has 0 saturated carbocycles. The van der Waals surface area contributed by atoms with Crippen molar-refractivity contribution in [2.45, 2.75) is 25.9 Å². The second-order valence-corrected chi connectivity index (χ2v) is 14.6. The zero-order valence-corrected chi connectivity index (χ0v) is 32.7. The Balaban J connectivity index is 0.000000256. The molecule has 59 heavy (non-hydrogen) atoms. The van der Waals surface area contributed by atoms with Gasteiger partial charge in [0.05, 0.1) is 32.6 Å². The number of Topliss-reactive ketones (excluding diaryl/α,β-unsaturated/α-hetero) is 2. The molecule has 4 aliphatic rings. The topological polar surface area (TPSA) is 343 Å². The fraction of sp³-hybridized carbons (Fsp3) is 0.125. The van der Waals surface area contributed by atoms with Crippen LogP contribution < -0.4 is 20.9 Å². The predicted octanol–water partition coefficient (Wildman–Crippen LogP) is 0.474. The summed E-state index contributed by atoms with van der Waals surface area (Å²) in [5, 5.41) is 39.8. The van der Waals surface area contributed by atoms with Gasteiger partial charge in [-0.2, -0.15) is 47.3 Å². The molecule has 2 amide bonds. The number of anilines is 2. The first-order chi connectivity index (χ1) is 27.2. The van der Waals surface area contributed by atoms with Crippen molar-refractivity contribution in [3.63, 3.8) is 0 Å². The molecule has 2 heterocycles. The van der Waals surface area contributed by atoms with Gasteiger partial charge >= 0.3 is 0 Å². The number of amides is 2. The summed E-state index contributed by atoms with van der Waals surface area (Å²) < 4.78 is 63.6. The van der Waals surface area contributed by atoms with Crippen molar-refractivity contribution in [1.29, 1.82) is 0 Å². The SMILES string of the molecule is CC1=NN(c2ccccc2)C(=O)C1N/N=C1\C=C([N+](=O)[O-])C=C(S(=O)(=O)O)C1=O.CC1=NN(c2ccccc2)C(=O)C1N/N=C1\C=C([N+](=O)[O-])C=C(S(=O)(=O)O)C1=O.[Cr]. The van der Waals surface area contributed by atoms with E-state index in [0.717, 1.165) is 22.2 Å². The van der Waals surface area contributed by atoms with E-state index in [2.05, 4.69) is 31.3 Å². The molecule has 306 valence electrons. The minimum atomic E-state index is -5.02. The van der Waals surface area contributed by atoms with Crippen LogP contribution in [0.15, 0.2) is 127 Å². The summed E-state index contributed by atoms with van der Waals surface area (Å²) in [6.07, 6.45) is 2.32. The molecule has 24 nitrogen and oxygen atoms in total. The van der Waals surface area contributed by atoms with Gasteiger partial charge in [0.15, 0.2) is 21.9 Å². The van der Waals surface area contributed by atoms with Gasteiger partial charge in [-0.3, -0.25) is 59.4 Å². The second kappa shape index (κ2) is 17.7. The maximum atomic E-state index is 12.6. The van der Waals surface area contributed by atoms with Crippen molar-refractivity contribution < 1.29 is 72.3 Å². The predicted molar refractivity (Wildman–Crippen MR) is 202 cm³/mol. The Morgan fingerprint density at radius 1 is 0.627 bits per heavy atom. The number of carbonyl (C=O) groups excluding carboxylic acids is 4. The molecular formula is C32H26CrN10O14S2. The molecule has 2 atom stereocenters. The van der Waals surface area contributed by atoms with Crippen molar-refractivity contribution in [3.8, 4) is 0 Å². The molecule has 0 radical (unpaired) electrons. The van der Waals surface area contributed by atoms with Crippen molar-refractivity contribution in [2.75, 3.05) is 10.0 Å². The second-order valence-electron chi connectivity index (χ2n) is 11.9. The van der Waals surface area contributed by atoms with Crippen molar-refractivity contribution in [3.05, 3.63) is 126 Å². The third kappa shape index (κ3) is 9.99. The van der Waals surface area contributed by atoms with Crippen LogP contribution in [-0.4, -0.2) is 94.1 Å². The number of hydrogen-bond donors (Lipinski definition) is 4. The van der Waals surface area contributed by atoms with Gasteiger partial charge < -0.3 is 0 Å². The Morgan fingerprint density at radius 2 is 0.949 bits per heavy atom. The number of allylic oxidation sites excluding steroid dienone is 6. The molecule has 2 aromatic carbocycles. The van der Waals surface area contributed by atoms with E-state index in [1.807, 2.05) is 0 Å². The summed E-state index contributed by atoms with van der Waals surface area (Å²) in [5.41, 5.74) is 3.50. The van der Waals surface area contributed by atoms with Crippen LogP contribution in [0.5, 0.6) is 0 Å². The van der Waals surface area contributed by atoms with Crippen molar-refractivity contribution in [1.82, 2.24) is 10.9 Å². The number of hydrogen-bond acceptors (Lipinski definition) is 18. The number of para-hydroxylation sites is 2. The first kappa shape index (κ1) is 44.8. The van der Waals surface area contributed by atoms with E-state index < -0.39 is 98.2 Å². The number of ketones is 2. The molecule has 2 aromatic rings. The van der Waals surface area contributed by atoms with Gasteiger partial charge in [0.1, 0.15) is 11.4 Å². The van der Waals surface area contributed by atoms with Gasteiger partial charge in [-0.1, -0.05) is 36.4 Å². The quantitative estimate of drug-likeness (QED) is 0.109. The molecule has 27 heteroatoms. The van der Waals surface area contributed by atoms with Gasteiger partial charge in [-0.05, 0) is 38.1 Å². The molecule has 2 aliphatic heterocycles. The van der Waals surface area contributed by atoms with Crippen LogP contribution in [0, 0.1) is 20.2 Å². The molecule has 0 aromatic heterocycles. The van der Waals surface area contributed by atoms with Crippen molar-refractivity contribution in [2.24, 2.45) is 20.4 Å². The summed E-state index contributed by atoms with van der Waals surface area (Å²) in [4.78, 5) is 67.3. The molecule has 2 aliphatic carbocycles. The third-order valence-electron chi connectivity index (χ3n) is 7.91. The van der Waals surface area contributed by atoms with Crippen LogP contribution in [0.1, 0.15) is 13.8 Å². The van der Waals surface area contributed by atoms with E-state index in [4.69, 9.17) is 9.11 Å². The number of hydrazone groups is 4. The van der Waals surface area contributed by atoms with Crippen LogP contribution in [0.25, 0.3) is 0 Å². The zero-order valence-electron chi connectivity index (χ0n) is 29.8. The normalized spacial score (nSPS) is 20.7. The minimum Gasteiger partial charge on any atom is -0.291 e. The Labute approximate surface area is 342 Å². The molecule has 0 bridgehead atoms. The average Bonchev–Trinajstić information content (AvgIpc) is 3.61. The van der Waals surface area contributed by atoms with Crippen molar-refractivity contribution >= 4 is 77.8 Å². The van der Waals surface area contributed by atoms with Gasteiger partial charge in [0.25, 0.3) is 43.4 Å². The summed E-state index contributed by atoms with van der Waals surface area (Å²) in [5.74, 6) is -3.56. The zero-order chi connectivity index (χ0) is 42.7. The minimum absolute atomic E-state index is 0. The maximum Gasteiger partial charge on any atom is 0.298 e. The number of nitrogens with one attached hydrogen (secondary N) is 2. The molecule has 0 saturated heterocycles. The monoisotopic (exact) mass is 890 g/mol. The van der Waals surface area contributed by atoms with Crippen LogP contribution in [0.4, 0.5) is 11.4 Å². The fourth-order valence-electron chi connectivity index (χ4n) is 5.11. The first-order valence-corrected chi connectivity index (χ1v) is 18.8. The van der Waals surface area contributed by atoms with Gasteiger partial charge in [0, 0.05) is 41.7 Å². The van der Waals surface area contributed by atoms with Gasteiger partial charge in [-0.15, -0.1) is 0 Å². The molecule has 6 rings (SSSR count). The number of carbonyl (C=O) groups is 4. The molecule has 4 N–H and O–H groups in total. The fourth-order valence-corrected chi connectivity index (χ4v) is 6.33. The van der Waals surface area contributed by atoms with E-state index in [1.165, 1.54) is 13.8 Å². The molecule has 2 unspecified atom stereocenters. The Hall–Kier alpha value is -6.89.